The lowest BCUT2D eigenvalue weighted by Gasteiger charge is -2.22. The molecule has 3 aromatic rings. The molecule has 0 radical (unpaired) electrons. The molecule has 3 rings (SSSR count). The molecule has 1 N–H and O–H groups in total. The highest BCUT2D eigenvalue weighted by atomic mass is 35.5. The van der Waals surface area contributed by atoms with Gasteiger partial charge in [-0.05, 0) is 49.6 Å². The number of nitrogens with one attached hydrogen (secondary N) is 1. The van der Waals surface area contributed by atoms with Gasteiger partial charge in [-0.2, -0.15) is 4.31 Å². The summed E-state index contributed by atoms with van der Waals surface area (Å²) >= 11 is 5.97. The summed E-state index contributed by atoms with van der Waals surface area (Å²) in [6.45, 7) is 5.75. The molecular formula is C21H25ClN4O4S. The Balaban J connectivity index is 2.01. The van der Waals surface area contributed by atoms with Gasteiger partial charge in [-0.25, -0.2) is 18.2 Å². The average Bonchev–Trinajstić information content (AvgIpc) is 3.28. The molecule has 2 aromatic heterocycles. The Bertz CT molecular complexity index is 1180. The number of imidazole rings is 1. The van der Waals surface area contributed by atoms with E-state index in [0.29, 0.717) is 22.0 Å². The lowest BCUT2D eigenvalue weighted by Crippen LogP contribution is -2.31. The number of aromatic amines is 1. The van der Waals surface area contributed by atoms with Crippen LogP contribution in [0.25, 0.3) is 0 Å². The van der Waals surface area contributed by atoms with E-state index in [1.54, 1.807) is 56.7 Å². The maximum absolute atomic E-state index is 13.4. The predicted octanol–water partition coefficient (Wildman–Crippen LogP) is 3.59. The first-order valence-corrected chi connectivity index (χ1v) is 11.5. The smallest absolute Gasteiger partial charge is 0.355 e. The Morgan fingerprint density at radius 2 is 1.90 bits per heavy atom. The minimum atomic E-state index is -3.90. The molecule has 0 amide bonds. The van der Waals surface area contributed by atoms with E-state index in [9.17, 15) is 13.2 Å². The van der Waals surface area contributed by atoms with Crippen molar-refractivity contribution in [2.24, 2.45) is 7.05 Å². The monoisotopic (exact) mass is 464 g/mol. The van der Waals surface area contributed by atoms with Crippen LogP contribution in [-0.2, 0) is 34.9 Å². The number of aryl methyl sites for hydroxylation is 2. The summed E-state index contributed by atoms with van der Waals surface area (Å²) in [5.41, 5.74) is 3.19. The molecule has 0 aliphatic heterocycles. The van der Waals surface area contributed by atoms with Crippen LogP contribution in [0.3, 0.4) is 0 Å². The number of hydrogen-bond acceptors (Lipinski definition) is 5. The molecule has 10 heteroatoms. The van der Waals surface area contributed by atoms with E-state index in [2.05, 4.69) is 9.97 Å². The number of esters is 1. The van der Waals surface area contributed by atoms with Gasteiger partial charge in [0.15, 0.2) is 5.03 Å². The SMILES string of the molecule is CCOC(=O)c1[nH]c(C)c(CN(Cc2ccc(Cl)cc2)S(=O)(=O)c2cn(C)cn2)c1C. The fourth-order valence-electron chi connectivity index (χ4n) is 3.28. The zero-order valence-electron chi connectivity index (χ0n) is 17.8. The summed E-state index contributed by atoms with van der Waals surface area (Å²) in [5.74, 6) is -0.466. The van der Waals surface area contributed by atoms with Crippen molar-refractivity contribution in [3.05, 3.63) is 69.9 Å². The van der Waals surface area contributed by atoms with Crippen molar-refractivity contribution < 1.29 is 17.9 Å². The minimum absolute atomic E-state index is 0.0413. The predicted molar refractivity (Wildman–Crippen MR) is 117 cm³/mol. The molecular weight excluding hydrogens is 440 g/mol. The van der Waals surface area contributed by atoms with Gasteiger partial charge in [0.05, 0.1) is 12.9 Å². The molecule has 2 heterocycles. The molecule has 31 heavy (non-hydrogen) atoms. The molecule has 0 aliphatic carbocycles. The topological polar surface area (TPSA) is 97.3 Å². The van der Waals surface area contributed by atoms with Crippen LogP contribution >= 0.6 is 11.6 Å². The number of H-pyrrole nitrogens is 1. The largest absolute Gasteiger partial charge is 0.461 e. The Labute approximate surface area is 186 Å². The second kappa shape index (κ2) is 9.25. The molecule has 0 saturated carbocycles. The van der Waals surface area contributed by atoms with Gasteiger partial charge in [0.2, 0.25) is 0 Å². The standard InChI is InChI=1S/C21H25ClN4O4S/c1-5-30-21(27)20-14(2)18(15(3)24-20)11-26(10-16-6-8-17(22)9-7-16)31(28,29)19-12-25(4)13-23-19/h6-9,12-13,24H,5,10-11H2,1-4H3. The zero-order valence-corrected chi connectivity index (χ0v) is 19.4. The Kier molecular flexibility index (Phi) is 6.88. The lowest BCUT2D eigenvalue weighted by molar-refractivity contribution is 0.0519. The van der Waals surface area contributed by atoms with Crippen molar-refractivity contribution in [2.45, 2.75) is 38.9 Å². The maximum Gasteiger partial charge on any atom is 0.355 e. The summed E-state index contributed by atoms with van der Waals surface area (Å²) in [4.78, 5) is 19.3. The quantitative estimate of drug-likeness (QED) is 0.514. The first-order chi connectivity index (χ1) is 14.6. The molecule has 0 spiro atoms. The van der Waals surface area contributed by atoms with Crippen molar-refractivity contribution in [3.63, 3.8) is 0 Å². The number of nitrogens with zero attached hydrogens (tertiary/aromatic N) is 3. The number of benzene rings is 1. The Morgan fingerprint density at radius 1 is 1.23 bits per heavy atom. The van der Waals surface area contributed by atoms with Gasteiger partial charge < -0.3 is 14.3 Å². The highest BCUT2D eigenvalue weighted by molar-refractivity contribution is 7.89. The van der Waals surface area contributed by atoms with Crippen molar-refractivity contribution in [3.8, 4) is 0 Å². The van der Waals surface area contributed by atoms with Crippen molar-refractivity contribution in [2.75, 3.05) is 6.61 Å². The molecule has 0 bridgehead atoms. The first-order valence-electron chi connectivity index (χ1n) is 9.71. The number of ether oxygens (including phenoxy) is 1. The van der Waals surface area contributed by atoms with Crippen LogP contribution in [0.2, 0.25) is 5.02 Å². The van der Waals surface area contributed by atoms with E-state index in [1.165, 1.54) is 16.8 Å². The third kappa shape index (κ3) is 5.00. The number of halogens is 1. The molecule has 0 fully saturated rings. The second-order valence-corrected chi connectivity index (χ2v) is 9.55. The number of aromatic nitrogens is 3. The highest BCUT2D eigenvalue weighted by Gasteiger charge is 2.29. The van der Waals surface area contributed by atoms with Gasteiger partial charge in [0, 0.05) is 37.1 Å². The normalized spacial score (nSPS) is 11.8. The van der Waals surface area contributed by atoms with E-state index >= 15 is 0 Å². The minimum Gasteiger partial charge on any atom is -0.461 e. The molecule has 0 saturated heterocycles. The van der Waals surface area contributed by atoms with Crippen LogP contribution in [0, 0.1) is 13.8 Å². The van der Waals surface area contributed by atoms with E-state index in [1.807, 2.05) is 0 Å². The Hall–Kier alpha value is -2.62. The fourth-order valence-corrected chi connectivity index (χ4v) is 4.77. The van der Waals surface area contributed by atoms with E-state index < -0.39 is 16.0 Å². The second-order valence-electron chi connectivity index (χ2n) is 7.23. The third-order valence-electron chi connectivity index (χ3n) is 4.96. The van der Waals surface area contributed by atoms with Crippen molar-refractivity contribution in [1.29, 1.82) is 0 Å². The van der Waals surface area contributed by atoms with Gasteiger partial charge in [-0.15, -0.1) is 0 Å². The molecule has 0 unspecified atom stereocenters. The maximum atomic E-state index is 13.4. The Morgan fingerprint density at radius 3 is 2.48 bits per heavy atom. The van der Waals surface area contributed by atoms with Gasteiger partial charge in [0.1, 0.15) is 5.69 Å². The van der Waals surface area contributed by atoms with E-state index in [4.69, 9.17) is 16.3 Å². The molecule has 166 valence electrons. The summed E-state index contributed by atoms with van der Waals surface area (Å²) in [5, 5.41) is 0.528. The van der Waals surface area contributed by atoms with Crippen LogP contribution < -0.4 is 0 Å². The van der Waals surface area contributed by atoms with Crippen LogP contribution in [0.4, 0.5) is 0 Å². The summed E-state index contributed by atoms with van der Waals surface area (Å²) in [7, 11) is -2.19. The summed E-state index contributed by atoms with van der Waals surface area (Å²) in [6, 6.07) is 7.00. The highest BCUT2D eigenvalue weighted by Crippen LogP contribution is 2.26. The number of sulfonamides is 1. The van der Waals surface area contributed by atoms with Crippen LogP contribution in [0.5, 0.6) is 0 Å². The fraction of sp³-hybridized carbons (Fsp3) is 0.333. The number of rotatable bonds is 8. The number of hydrogen-bond donors (Lipinski definition) is 1. The zero-order chi connectivity index (χ0) is 22.8. The van der Waals surface area contributed by atoms with Crippen LogP contribution in [-0.4, -0.2) is 39.8 Å². The summed E-state index contributed by atoms with van der Waals surface area (Å²) < 4.78 is 34.8. The van der Waals surface area contributed by atoms with Crippen molar-refractivity contribution in [1.82, 2.24) is 18.8 Å². The van der Waals surface area contributed by atoms with Gasteiger partial charge >= 0.3 is 5.97 Å². The van der Waals surface area contributed by atoms with Crippen LogP contribution in [0.15, 0.2) is 41.8 Å². The lowest BCUT2D eigenvalue weighted by atomic mass is 10.1. The van der Waals surface area contributed by atoms with E-state index in [0.717, 1.165) is 11.1 Å². The number of carbonyl (C=O) groups is 1. The molecule has 8 nitrogen and oxygen atoms in total. The average molecular weight is 465 g/mol. The summed E-state index contributed by atoms with van der Waals surface area (Å²) in [6.07, 6.45) is 2.91. The van der Waals surface area contributed by atoms with E-state index in [-0.39, 0.29) is 24.7 Å². The van der Waals surface area contributed by atoms with Crippen LogP contribution in [0.1, 0.15) is 39.8 Å². The van der Waals surface area contributed by atoms with Gasteiger partial charge in [-0.3, -0.25) is 0 Å². The molecule has 0 atom stereocenters. The third-order valence-corrected chi connectivity index (χ3v) is 6.89. The van der Waals surface area contributed by atoms with Gasteiger partial charge in [-0.1, -0.05) is 23.7 Å². The molecule has 0 aliphatic rings. The number of carbonyl (C=O) groups excluding carboxylic acids is 1. The first kappa shape index (κ1) is 23.1. The van der Waals surface area contributed by atoms with Crippen molar-refractivity contribution >= 4 is 27.6 Å². The molecule has 1 aromatic carbocycles. The van der Waals surface area contributed by atoms with Gasteiger partial charge in [0.25, 0.3) is 10.0 Å².